The van der Waals surface area contributed by atoms with E-state index >= 15 is 0 Å². The highest BCUT2D eigenvalue weighted by Gasteiger charge is 2.28. The number of carbonyl (C=O) groups excluding carboxylic acids is 1. The van der Waals surface area contributed by atoms with Gasteiger partial charge in [-0.2, -0.15) is 0 Å². The molecular formula is C30H45N3O2. The number of hydrogen-bond acceptors (Lipinski definition) is 3. The Morgan fingerprint density at radius 1 is 1.03 bits per heavy atom. The molecule has 2 fully saturated rings. The van der Waals surface area contributed by atoms with Gasteiger partial charge < -0.3 is 14.4 Å². The number of pyridine rings is 1. The van der Waals surface area contributed by atoms with Crippen LogP contribution in [0.25, 0.3) is 10.9 Å². The number of benzene rings is 1. The molecule has 1 aromatic heterocycles. The van der Waals surface area contributed by atoms with E-state index in [2.05, 4.69) is 31.7 Å². The Kier molecular flexibility index (Phi) is 8.36. The van der Waals surface area contributed by atoms with Gasteiger partial charge in [0.25, 0.3) is 5.56 Å². The number of aryl methyl sites for hydroxylation is 1. The van der Waals surface area contributed by atoms with Gasteiger partial charge in [0.05, 0.1) is 12.1 Å². The standard InChI is InChI=1S/C30H45N3O2/c1-30(2,3)22-32-17-14-23(15-18-32)16-19-33(29(35)24-10-6-5-7-11-24)21-26-20-25-12-8-9-13-27(25)31(4)28(26)34/h8-9,12-13,20,23-24H,5-7,10-11,14-19,21-22H2,1-4H3. The van der Waals surface area contributed by atoms with Gasteiger partial charge in [-0.3, -0.25) is 9.59 Å². The molecule has 0 N–H and O–H groups in total. The van der Waals surface area contributed by atoms with Crippen LogP contribution in [-0.4, -0.2) is 46.5 Å². The fraction of sp³-hybridized carbons (Fsp3) is 0.667. The molecule has 0 bridgehead atoms. The van der Waals surface area contributed by atoms with Crippen LogP contribution < -0.4 is 5.56 Å². The van der Waals surface area contributed by atoms with Crippen LogP contribution >= 0.6 is 0 Å². The van der Waals surface area contributed by atoms with Crippen molar-refractivity contribution < 1.29 is 4.79 Å². The summed E-state index contributed by atoms with van der Waals surface area (Å²) in [6, 6.07) is 10.0. The second kappa shape index (κ2) is 11.3. The maximum Gasteiger partial charge on any atom is 0.255 e. The quantitative estimate of drug-likeness (QED) is 0.520. The summed E-state index contributed by atoms with van der Waals surface area (Å²) in [5.74, 6) is 1.05. The van der Waals surface area contributed by atoms with E-state index in [0.717, 1.165) is 74.7 Å². The van der Waals surface area contributed by atoms with Crippen LogP contribution in [0.4, 0.5) is 0 Å². The number of amides is 1. The van der Waals surface area contributed by atoms with E-state index in [-0.39, 0.29) is 17.4 Å². The Balaban J connectivity index is 1.46. The van der Waals surface area contributed by atoms with Crippen molar-refractivity contribution in [1.29, 1.82) is 0 Å². The zero-order valence-electron chi connectivity index (χ0n) is 22.4. The zero-order valence-corrected chi connectivity index (χ0v) is 22.4. The van der Waals surface area contributed by atoms with Crippen molar-refractivity contribution in [2.24, 2.45) is 24.3 Å². The number of piperidine rings is 1. The first kappa shape index (κ1) is 25.9. The fourth-order valence-corrected chi connectivity index (χ4v) is 6.13. The molecule has 2 heterocycles. The Hall–Kier alpha value is -2.14. The van der Waals surface area contributed by atoms with Crippen molar-refractivity contribution in [3.05, 3.63) is 46.2 Å². The molecule has 0 spiro atoms. The van der Waals surface area contributed by atoms with Gasteiger partial charge in [0.1, 0.15) is 0 Å². The molecule has 4 rings (SSSR count). The van der Waals surface area contributed by atoms with Crippen molar-refractivity contribution in [3.8, 4) is 0 Å². The number of rotatable bonds is 7. The van der Waals surface area contributed by atoms with Crippen LogP contribution in [0.3, 0.4) is 0 Å². The highest BCUT2D eigenvalue weighted by molar-refractivity contribution is 5.81. The van der Waals surface area contributed by atoms with E-state index in [1.54, 1.807) is 4.57 Å². The highest BCUT2D eigenvalue weighted by atomic mass is 16.2. The summed E-state index contributed by atoms with van der Waals surface area (Å²) in [5, 5.41) is 1.06. The molecule has 1 aliphatic heterocycles. The largest absolute Gasteiger partial charge is 0.338 e. The molecule has 1 saturated carbocycles. The van der Waals surface area contributed by atoms with Crippen LogP contribution in [0.2, 0.25) is 0 Å². The number of para-hydroxylation sites is 1. The molecule has 192 valence electrons. The molecule has 1 saturated heterocycles. The predicted octanol–water partition coefficient (Wildman–Crippen LogP) is 5.60. The van der Waals surface area contributed by atoms with Crippen LogP contribution in [-0.2, 0) is 18.4 Å². The van der Waals surface area contributed by atoms with Crippen molar-refractivity contribution in [3.63, 3.8) is 0 Å². The predicted molar refractivity (Wildman–Crippen MR) is 144 cm³/mol. The Bertz CT molecular complexity index is 1050. The second-order valence-electron chi connectivity index (χ2n) is 12.3. The molecule has 5 nitrogen and oxygen atoms in total. The first-order valence-corrected chi connectivity index (χ1v) is 13.8. The summed E-state index contributed by atoms with van der Waals surface area (Å²) in [6.07, 6.45) is 8.98. The van der Waals surface area contributed by atoms with Gasteiger partial charge in [-0.05, 0) is 74.0 Å². The van der Waals surface area contributed by atoms with Crippen molar-refractivity contribution >= 4 is 16.8 Å². The van der Waals surface area contributed by atoms with Crippen molar-refractivity contribution in [2.45, 2.75) is 78.7 Å². The Morgan fingerprint density at radius 3 is 2.40 bits per heavy atom. The van der Waals surface area contributed by atoms with E-state index in [1.165, 1.54) is 19.3 Å². The summed E-state index contributed by atoms with van der Waals surface area (Å²) < 4.78 is 1.73. The van der Waals surface area contributed by atoms with Gasteiger partial charge in [0.15, 0.2) is 0 Å². The summed E-state index contributed by atoms with van der Waals surface area (Å²) >= 11 is 0. The summed E-state index contributed by atoms with van der Waals surface area (Å²) in [4.78, 5) is 31.5. The first-order chi connectivity index (χ1) is 16.7. The number of likely N-dealkylation sites (tertiary alicyclic amines) is 1. The molecule has 5 heteroatoms. The van der Waals surface area contributed by atoms with Gasteiger partial charge >= 0.3 is 0 Å². The average molecular weight is 480 g/mol. The lowest BCUT2D eigenvalue weighted by molar-refractivity contribution is -0.137. The molecular weight excluding hydrogens is 434 g/mol. The summed E-state index contributed by atoms with van der Waals surface area (Å²) in [7, 11) is 1.84. The van der Waals surface area contributed by atoms with E-state index in [9.17, 15) is 9.59 Å². The average Bonchev–Trinajstić information content (AvgIpc) is 2.85. The lowest BCUT2D eigenvalue weighted by atomic mass is 9.87. The van der Waals surface area contributed by atoms with Crippen LogP contribution in [0.15, 0.2) is 35.1 Å². The third-order valence-electron chi connectivity index (χ3n) is 8.05. The van der Waals surface area contributed by atoms with E-state index in [1.807, 2.05) is 36.2 Å². The van der Waals surface area contributed by atoms with Crippen LogP contribution in [0, 0.1) is 17.3 Å². The number of hydrogen-bond donors (Lipinski definition) is 0. The maximum absolute atomic E-state index is 13.7. The van der Waals surface area contributed by atoms with E-state index < -0.39 is 0 Å². The molecule has 35 heavy (non-hydrogen) atoms. The molecule has 1 aliphatic carbocycles. The molecule has 2 aliphatic rings. The van der Waals surface area contributed by atoms with Crippen LogP contribution in [0.1, 0.15) is 77.7 Å². The van der Waals surface area contributed by atoms with Gasteiger partial charge in [-0.15, -0.1) is 0 Å². The summed E-state index contributed by atoms with van der Waals surface area (Å²) in [5.41, 5.74) is 2.02. The number of nitrogens with zero attached hydrogens (tertiary/aromatic N) is 3. The summed E-state index contributed by atoms with van der Waals surface area (Å²) in [6.45, 7) is 11.6. The smallest absolute Gasteiger partial charge is 0.255 e. The molecule has 1 amide bonds. The highest BCUT2D eigenvalue weighted by Crippen LogP contribution is 2.28. The van der Waals surface area contributed by atoms with Gasteiger partial charge in [-0.1, -0.05) is 58.2 Å². The van der Waals surface area contributed by atoms with Gasteiger partial charge in [-0.25, -0.2) is 0 Å². The number of fused-ring (bicyclic) bond motifs is 1. The minimum absolute atomic E-state index is 0.0145. The molecule has 0 atom stereocenters. The van der Waals surface area contributed by atoms with Crippen molar-refractivity contribution in [1.82, 2.24) is 14.4 Å². The van der Waals surface area contributed by atoms with Crippen LogP contribution in [0.5, 0.6) is 0 Å². The minimum Gasteiger partial charge on any atom is -0.338 e. The molecule has 0 unspecified atom stereocenters. The maximum atomic E-state index is 13.7. The normalized spacial score (nSPS) is 18.7. The van der Waals surface area contributed by atoms with E-state index in [0.29, 0.717) is 17.9 Å². The topological polar surface area (TPSA) is 45.6 Å². The molecule has 0 radical (unpaired) electrons. The SMILES string of the molecule is Cn1c(=O)c(CN(CCC2CCN(CC(C)(C)C)CC2)C(=O)C2CCCCC2)cc2ccccc21. The minimum atomic E-state index is 0.0145. The second-order valence-corrected chi connectivity index (χ2v) is 12.3. The fourth-order valence-electron chi connectivity index (χ4n) is 6.13. The van der Waals surface area contributed by atoms with Gasteiger partial charge in [0.2, 0.25) is 5.91 Å². The molecule has 2 aromatic rings. The third-order valence-corrected chi connectivity index (χ3v) is 8.05. The molecule has 1 aromatic carbocycles. The monoisotopic (exact) mass is 479 g/mol. The Morgan fingerprint density at radius 2 is 1.71 bits per heavy atom. The lowest BCUT2D eigenvalue weighted by Crippen LogP contribution is -2.41. The van der Waals surface area contributed by atoms with Gasteiger partial charge in [0, 0.05) is 31.6 Å². The van der Waals surface area contributed by atoms with Crippen molar-refractivity contribution in [2.75, 3.05) is 26.2 Å². The number of aromatic nitrogens is 1. The Labute approximate surface area is 211 Å². The van der Waals surface area contributed by atoms with E-state index in [4.69, 9.17) is 0 Å². The zero-order chi connectivity index (χ0) is 25.0. The first-order valence-electron chi connectivity index (χ1n) is 13.8. The number of carbonyl (C=O) groups is 1. The third kappa shape index (κ3) is 6.75. The lowest BCUT2D eigenvalue weighted by Gasteiger charge is -2.37.